The number of hydrogen-bond donors (Lipinski definition) is 0. The van der Waals surface area contributed by atoms with E-state index in [4.69, 9.17) is 4.74 Å². The van der Waals surface area contributed by atoms with Crippen molar-refractivity contribution in [3.63, 3.8) is 0 Å². The van der Waals surface area contributed by atoms with Crippen molar-refractivity contribution in [2.75, 3.05) is 24.6 Å². The highest BCUT2D eigenvalue weighted by atomic mass is 16.5. The second-order valence-corrected chi connectivity index (χ2v) is 6.94. The first kappa shape index (κ1) is 16.1. The number of fused-ring (bicyclic) bond motifs is 2. The average Bonchev–Trinajstić information content (AvgIpc) is 2.90. The molecular weight excluding hydrogens is 320 g/mol. The molecule has 0 N–H and O–H groups in total. The highest BCUT2D eigenvalue weighted by Gasteiger charge is 2.47. The number of likely N-dealkylation sites (tertiary alicyclic amines) is 1. The summed E-state index contributed by atoms with van der Waals surface area (Å²) >= 11 is 0. The van der Waals surface area contributed by atoms with Gasteiger partial charge >= 0.3 is 0 Å². The summed E-state index contributed by atoms with van der Waals surface area (Å²) in [5.74, 6) is 0.156. The van der Waals surface area contributed by atoms with Gasteiger partial charge in [-0.1, -0.05) is 25.0 Å². The molecule has 0 unspecified atom stereocenters. The quantitative estimate of drug-likeness (QED) is 0.788. The smallest absolute Gasteiger partial charge is 0.233 e. The van der Waals surface area contributed by atoms with E-state index in [2.05, 4.69) is 0 Å². The maximum atomic E-state index is 12.7. The van der Waals surface area contributed by atoms with E-state index in [1.54, 1.807) is 4.90 Å². The maximum Gasteiger partial charge on any atom is 0.233 e. The highest BCUT2D eigenvalue weighted by Crippen LogP contribution is 2.38. The van der Waals surface area contributed by atoms with Crippen LogP contribution >= 0.6 is 0 Å². The molecule has 0 aromatic heterocycles. The Morgan fingerprint density at radius 2 is 1.76 bits per heavy atom. The van der Waals surface area contributed by atoms with Crippen LogP contribution < -0.4 is 9.64 Å². The van der Waals surface area contributed by atoms with Gasteiger partial charge in [-0.2, -0.15) is 0 Å². The van der Waals surface area contributed by atoms with Crippen LogP contribution in [0.5, 0.6) is 5.75 Å². The molecule has 4 rings (SSSR count). The van der Waals surface area contributed by atoms with E-state index >= 15 is 0 Å². The molecule has 2 fully saturated rings. The van der Waals surface area contributed by atoms with E-state index in [1.807, 2.05) is 24.3 Å². The van der Waals surface area contributed by atoms with Crippen LogP contribution in [-0.4, -0.2) is 42.3 Å². The predicted molar refractivity (Wildman–Crippen MR) is 91.1 cm³/mol. The van der Waals surface area contributed by atoms with Crippen LogP contribution in [-0.2, 0) is 14.4 Å². The Hall–Kier alpha value is -2.37. The van der Waals surface area contributed by atoms with Crippen molar-refractivity contribution in [2.45, 2.75) is 32.1 Å². The van der Waals surface area contributed by atoms with Gasteiger partial charge in [0.05, 0.1) is 24.1 Å². The molecule has 0 spiro atoms. The number of carbonyl (C=O) groups is 3. The van der Waals surface area contributed by atoms with Gasteiger partial charge in [0, 0.05) is 13.0 Å². The molecule has 2 heterocycles. The third-order valence-electron chi connectivity index (χ3n) is 5.51. The van der Waals surface area contributed by atoms with Crippen molar-refractivity contribution in [2.24, 2.45) is 11.8 Å². The van der Waals surface area contributed by atoms with Gasteiger partial charge in [0.2, 0.25) is 17.7 Å². The second kappa shape index (κ2) is 6.50. The number of para-hydroxylation sites is 2. The van der Waals surface area contributed by atoms with Crippen LogP contribution in [0.15, 0.2) is 24.3 Å². The third kappa shape index (κ3) is 2.79. The van der Waals surface area contributed by atoms with Crippen LogP contribution in [0.3, 0.4) is 0 Å². The molecule has 3 aliphatic rings. The predicted octanol–water partition coefficient (Wildman–Crippen LogP) is 1.98. The number of hydrogen-bond acceptors (Lipinski definition) is 4. The molecule has 1 saturated heterocycles. The monoisotopic (exact) mass is 342 g/mol. The third-order valence-corrected chi connectivity index (χ3v) is 5.51. The van der Waals surface area contributed by atoms with E-state index in [9.17, 15) is 14.4 Å². The highest BCUT2D eigenvalue weighted by molar-refractivity contribution is 6.05. The standard InChI is InChI=1S/C19H22N2O4/c22-17(20-11-12-25-16-8-4-3-7-15(16)20)9-10-21-18(23)13-5-1-2-6-14(13)19(21)24/h3-4,7-8,13-14H,1-2,5-6,9-12H2/t13-,14-/m1/s1. The average molecular weight is 342 g/mol. The van der Waals surface area contributed by atoms with Crippen molar-refractivity contribution in [3.8, 4) is 5.75 Å². The van der Waals surface area contributed by atoms with Gasteiger partial charge in [-0.3, -0.25) is 19.3 Å². The lowest BCUT2D eigenvalue weighted by Crippen LogP contribution is -2.40. The van der Waals surface area contributed by atoms with Crippen molar-refractivity contribution >= 4 is 23.4 Å². The van der Waals surface area contributed by atoms with Gasteiger partial charge in [-0.15, -0.1) is 0 Å². The fourth-order valence-corrected chi connectivity index (χ4v) is 4.22. The first-order valence-corrected chi connectivity index (χ1v) is 9.04. The van der Waals surface area contributed by atoms with Crippen LogP contribution in [0.2, 0.25) is 0 Å². The van der Waals surface area contributed by atoms with E-state index in [0.717, 1.165) is 31.4 Å². The normalized spacial score (nSPS) is 25.4. The molecule has 1 saturated carbocycles. The molecule has 6 nitrogen and oxygen atoms in total. The minimum absolute atomic E-state index is 0.0776. The van der Waals surface area contributed by atoms with Crippen LogP contribution in [0.4, 0.5) is 5.69 Å². The molecule has 3 amide bonds. The lowest BCUT2D eigenvalue weighted by Gasteiger charge is -2.30. The number of imide groups is 1. The largest absolute Gasteiger partial charge is 0.490 e. The topological polar surface area (TPSA) is 66.9 Å². The summed E-state index contributed by atoms with van der Waals surface area (Å²) in [7, 11) is 0. The molecule has 1 aliphatic carbocycles. The lowest BCUT2D eigenvalue weighted by molar-refractivity contribution is -0.140. The number of nitrogens with zero attached hydrogens (tertiary/aromatic N) is 2. The second-order valence-electron chi connectivity index (χ2n) is 6.94. The fraction of sp³-hybridized carbons (Fsp3) is 0.526. The Kier molecular flexibility index (Phi) is 4.19. The van der Waals surface area contributed by atoms with Crippen molar-refractivity contribution in [1.82, 2.24) is 4.90 Å². The Bertz CT molecular complexity index is 693. The van der Waals surface area contributed by atoms with Gasteiger partial charge in [-0.05, 0) is 25.0 Å². The molecule has 1 aromatic rings. The number of ether oxygens (including phenoxy) is 1. The Labute approximate surface area is 146 Å². The first-order valence-electron chi connectivity index (χ1n) is 9.04. The molecule has 0 bridgehead atoms. The minimum Gasteiger partial charge on any atom is -0.490 e. The Morgan fingerprint density at radius 3 is 2.48 bits per heavy atom. The van der Waals surface area contributed by atoms with E-state index < -0.39 is 0 Å². The summed E-state index contributed by atoms with van der Waals surface area (Å²) in [6.45, 7) is 1.13. The summed E-state index contributed by atoms with van der Waals surface area (Å²) in [5, 5.41) is 0. The molecule has 6 heteroatoms. The molecule has 2 atom stereocenters. The van der Waals surface area contributed by atoms with Crippen molar-refractivity contribution < 1.29 is 19.1 Å². The Morgan fingerprint density at radius 1 is 1.08 bits per heavy atom. The van der Waals surface area contributed by atoms with Gasteiger partial charge in [-0.25, -0.2) is 0 Å². The van der Waals surface area contributed by atoms with E-state index in [-0.39, 0.29) is 42.5 Å². The fourth-order valence-electron chi connectivity index (χ4n) is 4.22. The number of carbonyl (C=O) groups excluding carboxylic acids is 3. The van der Waals surface area contributed by atoms with Crippen molar-refractivity contribution in [3.05, 3.63) is 24.3 Å². The molecule has 0 radical (unpaired) electrons. The van der Waals surface area contributed by atoms with Crippen LogP contribution in [0.25, 0.3) is 0 Å². The maximum absolute atomic E-state index is 12.7. The zero-order valence-electron chi connectivity index (χ0n) is 14.1. The molecular formula is C19H22N2O4. The molecule has 25 heavy (non-hydrogen) atoms. The molecule has 1 aromatic carbocycles. The summed E-state index contributed by atoms with van der Waals surface area (Å²) in [5.41, 5.74) is 0.756. The zero-order valence-corrected chi connectivity index (χ0v) is 14.1. The number of anilines is 1. The summed E-state index contributed by atoms with van der Waals surface area (Å²) in [6.07, 6.45) is 3.79. The van der Waals surface area contributed by atoms with Gasteiger partial charge < -0.3 is 9.64 Å². The van der Waals surface area contributed by atoms with Crippen molar-refractivity contribution in [1.29, 1.82) is 0 Å². The van der Waals surface area contributed by atoms with E-state index in [0.29, 0.717) is 18.9 Å². The number of rotatable bonds is 3. The van der Waals surface area contributed by atoms with Crippen LogP contribution in [0, 0.1) is 11.8 Å². The summed E-state index contributed by atoms with van der Waals surface area (Å²) in [6, 6.07) is 7.43. The summed E-state index contributed by atoms with van der Waals surface area (Å²) in [4.78, 5) is 40.7. The van der Waals surface area contributed by atoms with Gasteiger partial charge in [0.15, 0.2) is 0 Å². The first-order chi connectivity index (χ1) is 12.2. The Balaban J connectivity index is 1.43. The van der Waals surface area contributed by atoms with Crippen LogP contribution in [0.1, 0.15) is 32.1 Å². The minimum atomic E-state index is -0.152. The summed E-state index contributed by atoms with van der Waals surface area (Å²) < 4.78 is 5.57. The zero-order chi connectivity index (χ0) is 17.4. The number of benzene rings is 1. The molecule has 132 valence electrons. The lowest BCUT2D eigenvalue weighted by atomic mass is 9.81. The SMILES string of the molecule is O=C1[C@@H]2CCCC[C@H]2C(=O)N1CCC(=O)N1CCOc2ccccc21. The molecule has 2 aliphatic heterocycles. The number of amides is 3. The van der Waals surface area contributed by atoms with Gasteiger partial charge in [0.1, 0.15) is 12.4 Å². The van der Waals surface area contributed by atoms with E-state index in [1.165, 1.54) is 4.90 Å². The van der Waals surface area contributed by atoms with Gasteiger partial charge in [0.25, 0.3) is 0 Å².